The molecule has 0 saturated heterocycles. The Morgan fingerprint density at radius 3 is 2.94 bits per heavy atom. The lowest BCUT2D eigenvalue weighted by Crippen LogP contribution is -2.35. The first-order valence-electron chi connectivity index (χ1n) is 4.83. The Balaban J connectivity index is 2.82. The predicted molar refractivity (Wildman–Crippen MR) is 63.7 cm³/mol. The third-order valence-electron chi connectivity index (χ3n) is 2.30. The van der Waals surface area contributed by atoms with Crippen LogP contribution in [0.4, 0.5) is 0 Å². The molecule has 0 aliphatic rings. The number of aromatic nitrogens is 1. The minimum atomic E-state index is -0.177. The van der Waals surface area contributed by atoms with Gasteiger partial charge in [0.25, 0.3) is 5.91 Å². The van der Waals surface area contributed by atoms with Gasteiger partial charge in [0.2, 0.25) is 0 Å². The highest BCUT2D eigenvalue weighted by Gasteiger charge is 2.18. The molecule has 1 amide bonds. The molecule has 0 aromatic carbocycles. The number of amides is 1. The zero-order valence-electron chi connectivity index (χ0n) is 9.14. The number of nitriles is 1. The molecule has 1 unspecified atom stereocenters. The summed E-state index contributed by atoms with van der Waals surface area (Å²) >= 11 is 3.21. The number of nitrogens with zero attached hydrogens (tertiary/aromatic N) is 3. The van der Waals surface area contributed by atoms with Gasteiger partial charge in [0.15, 0.2) is 0 Å². The predicted octanol–water partition coefficient (Wildman–Crippen LogP) is 2.22. The van der Waals surface area contributed by atoms with Gasteiger partial charge >= 0.3 is 0 Å². The van der Waals surface area contributed by atoms with E-state index in [1.165, 1.54) is 4.90 Å². The van der Waals surface area contributed by atoms with E-state index in [2.05, 4.69) is 20.9 Å². The molecule has 0 saturated carbocycles. The minimum absolute atomic E-state index is 0.113. The molecule has 0 aliphatic carbocycles. The van der Waals surface area contributed by atoms with E-state index in [9.17, 15) is 4.79 Å². The lowest BCUT2D eigenvalue weighted by atomic mass is 10.2. The molecule has 0 spiro atoms. The number of hydrogen-bond donors (Lipinski definition) is 0. The summed E-state index contributed by atoms with van der Waals surface area (Å²) in [5, 5.41) is 8.57. The normalized spacial score (nSPS) is 11.6. The van der Waals surface area contributed by atoms with Crippen LogP contribution in [0.2, 0.25) is 0 Å². The number of rotatable bonds is 3. The summed E-state index contributed by atoms with van der Waals surface area (Å²) in [5.41, 5.74) is 0.377. The Labute approximate surface area is 103 Å². The van der Waals surface area contributed by atoms with Crippen molar-refractivity contribution in [3.05, 3.63) is 28.5 Å². The lowest BCUT2D eigenvalue weighted by molar-refractivity contribution is 0.0740. The zero-order valence-corrected chi connectivity index (χ0v) is 10.7. The van der Waals surface area contributed by atoms with E-state index in [1.54, 1.807) is 25.2 Å². The SMILES string of the molecule is CC(CC#N)N(C)C(=O)c1cccc(Br)n1. The van der Waals surface area contributed by atoms with Gasteiger partial charge in [0.1, 0.15) is 10.3 Å². The second kappa shape index (κ2) is 5.61. The average Bonchev–Trinajstić information content (AvgIpc) is 2.27. The Morgan fingerprint density at radius 1 is 1.69 bits per heavy atom. The molecule has 4 nitrogen and oxygen atoms in total. The van der Waals surface area contributed by atoms with Gasteiger partial charge in [-0.15, -0.1) is 0 Å². The van der Waals surface area contributed by atoms with E-state index in [-0.39, 0.29) is 11.9 Å². The zero-order chi connectivity index (χ0) is 12.1. The van der Waals surface area contributed by atoms with Gasteiger partial charge in [-0.25, -0.2) is 4.98 Å². The van der Waals surface area contributed by atoms with Gasteiger partial charge in [0.05, 0.1) is 12.5 Å². The van der Waals surface area contributed by atoms with Crippen LogP contribution in [-0.4, -0.2) is 28.9 Å². The van der Waals surface area contributed by atoms with Crippen LogP contribution in [-0.2, 0) is 0 Å². The Kier molecular flexibility index (Phi) is 4.44. The third-order valence-corrected chi connectivity index (χ3v) is 2.74. The van der Waals surface area contributed by atoms with E-state index >= 15 is 0 Å². The molecule has 1 rings (SSSR count). The average molecular weight is 282 g/mol. The van der Waals surface area contributed by atoms with Crippen LogP contribution in [0.25, 0.3) is 0 Å². The van der Waals surface area contributed by atoms with Crippen molar-refractivity contribution in [2.24, 2.45) is 0 Å². The fourth-order valence-electron chi connectivity index (χ4n) is 1.18. The van der Waals surface area contributed by atoms with Crippen molar-refractivity contribution in [1.82, 2.24) is 9.88 Å². The molecule has 1 atom stereocenters. The van der Waals surface area contributed by atoms with Crippen molar-refractivity contribution in [3.63, 3.8) is 0 Å². The van der Waals surface area contributed by atoms with Crippen LogP contribution in [0.1, 0.15) is 23.8 Å². The van der Waals surface area contributed by atoms with Crippen LogP contribution < -0.4 is 0 Å². The highest BCUT2D eigenvalue weighted by Crippen LogP contribution is 2.10. The molecular weight excluding hydrogens is 270 g/mol. The maximum absolute atomic E-state index is 11.9. The standard InChI is InChI=1S/C11H12BrN3O/c1-8(6-7-13)15(2)11(16)9-4-3-5-10(12)14-9/h3-5,8H,6H2,1-2H3. The van der Waals surface area contributed by atoms with Crippen LogP contribution >= 0.6 is 15.9 Å². The molecule has 16 heavy (non-hydrogen) atoms. The summed E-state index contributed by atoms with van der Waals surface area (Å²) in [7, 11) is 1.67. The van der Waals surface area contributed by atoms with Gasteiger partial charge in [0, 0.05) is 13.1 Å². The lowest BCUT2D eigenvalue weighted by Gasteiger charge is -2.22. The summed E-state index contributed by atoms with van der Waals surface area (Å²) in [4.78, 5) is 17.6. The maximum Gasteiger partial charge on any atom is 0.272 e. The monoisotopic (exact) mass is 281 g/mol. The minimum Gasteiger partial charge on any atom is -0.337 e. The molecule has 0 aliphatic heterocycles. The first kappa shape index (κ1) is 12.7. The van der Waals surface area contributed by atoms with E-state index in [0.717, 1.165) is 0 Å². The molecule has 84 valence electrons. The molecular formula is C11H12BrN3O. The maximum atomic E-state index is 11.9. The van der Waals surface area contributed by atoms with Crippen molar-refractivity contribution in [2.45, 2.75) is 19.4 Å². The van der Waals surface area contributed by atoms with Crippen LogP contribution in [0.15, 0.2) is 22.8 Å². The molecule has 0 radical (unpaired) electrons. The first-order chi connectivity index (χ1) is 7.56. The van der Waals surface area contributed by atoms with E-state index < -0.39 is 0 Å². The van der Waals surface area contributed by atoms with Gasteiger partial charge in [-0.3, -0.25) is 4.79 Å². The van der Waals surface area contributed by atoms with Crippen molar-refractivity contribution in [2.75, 3.05) is 7.05 Å². The molecule has 0 N–H and O–H groups in total. The van der Waals surface area contributed by atoms with Gasteiger partial charge in [-0.05, 0) is 35.0 Å². The fourth-order valence-corrected chi connectivity index (χ4v) is 1.52. The number of pyridine rings is 1. The van der Waals surface area contributed by atoms with Gasteiger partial charge in [-0.1, -0.05) is 6.07 Å². The summed E-state index contributed by atoms with van der Waals surface area (Å²) in [6, 6.07) is 7.10. The highest BCUT2D eigenvalue weighted by molar-refractivity contribution is 9.10. The first-order valence-corrected chi connectivity index (χ1v) is 5.62. The molecule has 0 fully saturated rings. The number of carbonyl (C=O) groups excluding carboxylic acids is 1. The van der Waals surface area contributed by atoms with Crippen LogP contribution in [0, 0.1) is 11.3 Å². The summed E-state index contributed by atoms with van der Waals surface area (Å²) in [6.07, 6.45) is 0.316. The van der Waals surface area contributed by atoms with Gasteiger partial charge in [-0.2, -0.15) is 5.26 Å². The molecule has 1 aromatic rings. The van der Waals surface area contributed by atoms with Crippen molar-refractivity contribution in [1.29, 1.82) is 5.26 Å². The molecule has 1 heterocycles. The van der Waals surface area contributed by atoms with Crippen LogP contribution in [0.5, 0.6) is 0 Å². The second-order valence-corrected chi connectivity index (χ2v) is 4.29. The molecule has 1 aromatic heterocycles. The van der Waals surface area contributed by atoms with E-state index in [0.29, 0.717) is 16.7 Å². The summed E-state index contributed by atoms with van der Waals surface area (Å²) in [6.45, 7) is 1.83. The van der Waals surface area contributed by atoms with E-state index in [4.69, 9.17) is 5.26 Å². The summed E-state index contributed by atoms with van der Waals surface area (Å²) < 4.78 is 0.625. The molecule has 5 heteroatoms. The van der Waals surface area contributed by atoms with Crippen molar-refractivity contribution >= 4 is 21.8 Å². The highest BCUT2D eigenvalue weighted by atomic mass is 79.9. The smallest absolute Gasteiger partial charge is 0.272 e. The quantitative estimate of drug-likeness (QED) is 0.799. The van der Waals surface area contributed by atoms with Crippen LogP contribution in [0.3, 0.4) is 0 Å². The Morgan fingerprint density at radius 2 is 2.38 bits per heavy atom. The number of hydrogen-bond acceptors (Lipinski definition) is 3. The van der Waals surface area contributed by atoms with Crippen molar-refractivity contribution in [3.8, 4) is 6.07 Å². The van der Waals surface area contributed by atoms with E-state index in [1.807, 2.05) is 13.0 Å². The second-order valence-electron chi connectivity index (χ2n) is 3.47. The van der Waals surface area contributed by atoms with Gasteiger partial charge < -0.3 is 4.90 Å². The Bertz CT molecular complexity index is 427. The Hall–Kier alpha value is -1.41. The third kappa shape index (κ3) is 3.04. The largest absolute Gasteiger partial charge is 0.337 e. The number of carbonyl (C=O) groups is 1. The topological polar surface area (TPSA) is 57.0 Å². The molecule has 0 bridgehead atoms. The number of halogens is 1. The van der Waals surface area contributed by atoms with Crippen molar-refractivity contribution < 1.29 is 4.79 Å². The fraction of sp³-hybridized carbons (Fsp3) is 0.364. The summed E-state index contributed by atoms with van der Waals surface area (Å²) in [5.74, 6) is -0.177.